The lowest BCUT2D eigenvalue weighted by Crippen LogP contribution is -2.36. The molecule has 2 atom stereocenters. The third kappa shape index (κ3) is 6.19. The Hall–Kier alpha value is -1.51. The summed E-state index contributed by atoms with van der Waals surface area (Å²) in [6.07, 6.45) is -1.10. The number of esters is 1. The molecule has 0 heterocycles. The molecule has 0 aliphatic carbocycles. The summed E-state index contributed by atoms with van der Waals surface area (Å²) in [5.41, 5.74) is 6.16. The molecule has 6 nitrogen and oxygen atoms in total. The largest absolute Gasteiger partial charge is 0.447 e. The summed E-state index contributed by atoms with van der Waals surface area (Å²) in [6.45, 7) is 1.22. The zero-order valence-electron chi connectivity index (χ0n) is 11.4. The first kappa shape index (κ1) is 17.5. The number of ether oxygens (including phenoxy) is 1. The van der Waals surface area contributed by atoms with Gasteiger partial charge in [-0.3, -0.25) is 15.0 Å². The van der Waals surface area contributed by atoms with Crippen LogP contribution in [0.3, 0.4) is 0 Å². The third-order valence-corrected chi connectivity index (χ3v) is 3.76. The van der Waals surface area contributed by atoms with Gasteiger partial charge < -0.3 is 15.8 Å². The lowest BCUT2D eigenvalue weighted by molar-refractivity contribution is -0.153. The highest BCUT2D eigenvalue weighted by molar-refractivity contribution is 8.14. The van der Waals surface area contributed by atoms with E-state index in [4.69, 9.17) is 15.9 Å². The molecule has 8 heteroatoms. The normalized spacial score (nSPS) is 13.1. The summed E-state index contributed by atoms with van der Waals surface area (Å²) in [5, 5.41) is 9.52. The van der Waals surface area contributed by atoms with Crippen LogP contribution < -0.4 is 11.1 Å². The standard InChI is InChI=1S/C13H17N3O3S2/c1-8(17)19-11(9-5-3-2-4-6-9)12(18)16-13(15)21-10(14)7-20/h2-6,10-11,20H,7,14H2,1H3,(H2,15,16,18)/t10?,11-/m1/s1. The van der Waals surface area contributed by atoms with Gasteiger partial charge >= 0.3 is 5.97 Å². The Labute approximate surface area is 132 Å². The number of thioether (sulfide) groups is 1. The van der Waals surface area contributed by atoms with E-state index in [0.29, 0.717) is 11.3 Å². The summed E-state index contributed by atoms with van der Waals surface area (Å²) in [4.78, 5) is 23.3. The van der Waals surface area contributed by atoms with Crippen molar-refractivity contribution in [3.05, 3.63) is 35.9 Å². The van der Waals surface area contributed by atoms with E-state index in [1.807, 2.05) is 0 Å². The minimum absolute atomic E-state index is 0.116. The van der Waals surface area contributed by atoms with E-state index >= 15 is 0 Å². The lowest BCUT2D eigenvalue weighted by atomic mass is 10.1. The molecule has 0 bridgehead atoms. The van der Waals surface area contributed by atoms with Gasteiger partial charge in [0.2, 0.25) is 6.10 Å². The number of carbonyl (C=O) groups excluding carboxylic acids is 2. The molecule has 1 rings (SSSR count). The number of amidine groups is 1. The second kappa shape index (κ2) is 8.71. The van der Waals surface area contributed by atoms with E-state index in [-0.39, 0.29) is 5.17 Å². The first-order chi connectivity index (χ1) is 9.93. The van der Waals surface area contributed by atoms with Crippen molar-refractivity contribution in [2.75, 3.05) is 5.75 Å². The first-order valence-corrected chi connectivity index (χ1v) is 7.60. The van der Waals surface area contributed by atoms with Crippen LogP contribution in [0, 0.1) is 5.41 Å². The summed E-state index contributed by atoms with van der Waals surface area (Å²) in [5.74, 6) is -0.805. The van der Waals surface area contributed by atoms with Gasteiger partial charge in [0.15, 0.2) is 5.17 Å². The Kier molecular flexibility index (Phi) is 7.27. The third-order valence-electron chi connectivity index (χ3n) is 2.31. The summed E-state index contributed by atoms with van der Waals surface area (Å²) >= 11 is 4.97. The molecule has 1 aromatic rings. The van der Waals surface area contributed by atoms with Crippen molar-refractivity contribution >= 4 is 41.4 Å². The van der Waals surface area contributed by atoms with Gasteiger partial charge in [-0.25, -0.2) is 0 Å². The fourth-order valence-corrected chi connectivity index (χ4v) is 2.22. The Morgan fingerprint density at radius 1 is 1.43 bits per heavy atom. The lowest BCUT2D eigenvalue weighted by Gasteiger charge is -2.18. The van der Waals surface area contributed by atoms with Gasteiger partial charge in [0, 0.05) is 18.2 Å². The van der Waals surface area contributed by atoms with E-state index in [2.05, 4.69) is 17.9 Å². The quantitative estimate of drug-likeness (QED) is 0.214. The van der Waals surface area contributed by atoms with Crippen molar-refractivity contribution in [1.29, 1.82) is 5.41 Å². The molecule has 0 saturated heterocycles. The first-order valence-electron chi connectivity index (χ1n) is 6.08. The predicted octanol–water partition coefficient (Wildman–Crippen LogP) is 1.29. The molecule has 0 aromatic heterocycles. The summed E-state index contributed by atoms with van der Waals surface area (Å²) in [6, 6.07) is 8.59. The second-order valence-corrected chi connectivity index (χ2v) is 5.67. The highest BCUT2D eigenvalue weighted by Gasteiger charge is 2.24. The highest BCUT2D eigenvalue weighted by Crippen LogP contribution is 2.18. The Bertz CT molecular complexity index is 511. The van der Waals surface area contributed by atoms with Gasteiger partial charge in [-0.15, -0.1) is 0 Å². The molecule has 21 heavy (non-hydrogen) atoms. The number of nitrogens with two attached hydrogens (primary N) is 1. The maximum Gasteiger partial charge on any atom is 0.303 e. The smallest absolute Gasteiger partial charge is 0.303 e. The number of nitrogens with one attached hydrogen (secondary N) is 2. The zero-order chi connectivity index (χ0) is 15.8. The SMILES string of the molecule is CC(=O)O[C@@H](C(=O)NC(=N)SC(N)CS)c1ccccc1. The van der Waals surface area contributed by atoms with E-state index < -0.39 is 23.4 Å². The Balaban J connectivity index is 2.77. The van der Waals surface area contributed by atoms with Crippen LogP contribution in [0.25, 0.3) is 0 Å². The van der Waals surface area contributed by atoms with Crippen LogP contribution in [-0.2, 0) is 14.3 Å². The monoisotopic (exact) mass is 327 g/mol. The van der Waals surface area contributed by atoms with Gasteiger partial charge in [-0.05, 0) is 0 Å². The Morgan fingerprint density at radius 2 is 2.05 bits per heavy atom. The molecule has 0 spiro atoms. The fourth-order valence-electron chi connectivity index (χ4n) is 1.46. The second-order valence-electron chi connectivity index (χ2n) is 4.06. The molecular formula is C13H17N3O3S2. The van der Waals surface area contributed by atoms with Gasteiger partial charge in [-0.2, -0.15) is 12.6 Å². The highest BCUT2D eigenvalue weighted by atomic mass is 32.2. The molecule has 0 aliphatic rings. The molecule has 0 radical (unpaired) electrons. The van der Waals surface area contributed by atoms with Gasteiger partial charge in [-0.1, -0.05) is 42.1 Å². The van der Waals surface area contributed by atoms with Crippen molar-refractivity contribution in [2.24, 2.45) is 5.73 Å². The minimum atomic E-state index is -1.10. The number of rotatable bonds is 5. The van der Waals surface area contributed by atoms with Crippen molar-refractivity contribution in [1.82, 2.24) is 5.32 Å². The topological polar surface area (TPSA) is 105 Å². The molecule has 1 unspecified atom stereocenters. The van der Waals surface area contributed by atoms with Crippen molar-refractivity contribution in [3.8, 4) is 0 Å². The molecule has 0 fully saturated rings. The van der Waals surface area contributed by atoms with Crippen LogP contribution in [0.2, 0.25) is 0 Å². The van der Waals surface area contributed by atoms with E-state index in [1.165, 1.54) is 6.92 Å². The summed E-state index contributed by atoms with van der Waals surface area (Å²) in [7, 11) is 0. The number of hydrogen-bond donors (Lipinski definition) is 4. The predicted molar refractivity (Wildman–Crippen MR) is 86.2 cm³/mol. The minimum Gasteiger partial charge on any atom is -0.447 e. The van der Waals surface area contributed by atoms with E-state index in [0.717, 1.165) is 11.8 Å². The average Bonchev–Trinajstić information content (AvgIpc) is 2.45. The van der Waals surface area contributed by atoms with Crippen molar-refractivity contribution < 1.29 is 14.3 Å². The van der Waals surface area contributed by atoms with Crippen molar-refractivity contribution in [3.63, 3.8) is 0 Å². The van der Waals surface area contributed by atoms with Crippen LogP contribution in [0.4, 0.5) is 0 Å². The van der Waals surface area contributed by atoms with Crippen LogP contribution in [0.15, 0.2) is 30.3 Å². The number of carbonyl (C=O) groups is 2. The van der Waals surface area contributed by atoms with E-state index in [9.17, 15) is 9.59 Å². The maximum absolute atomic E-state index is 12.2. The van der Waals surface area contributed by atoms with Gasteiger partial charge in [0.05, 0.1) is 5.37 Å². The Morgan fingerprint density at radius 3 is 2.57 bits per heavy atom. The van der Waals surface area contributed by atoms with Gasteiger partial charge in [0.1, 0.15) is 0 Å². The van der Waals surface area contributed by atoms with Gasteiger partial charge in [0.25, 0.3) is 5.91 Å². The zero-order valence-corrected chi connectivity index (χ0v) is 13.1. The maximum atomic E-state index is 12.2. The molecule has 1 amide bonds. The van der Waals surface area contributed by atoms with Crippen LogP contribution in [-0.4, -0.2) is 28.2 Å². The number of amides is 1. The number of benzene rings is 1. The molecular weight excluding hydrogens is 310 g/mol. The number of hydrogen-bond acceptors (Lipinski definition) is 7. The number of thiol groups is 1. The van der Waals surface area contributed by atoms with Crippen LogP contribution in [0.1, 0.15) is 18.6 Å². The fraction of sp³-hybridized carbons (Fsp3) is 0.308. The van der Waals surface area contributed by atoms with Crippen LogP contribution in [0.5, 0.6) is 0 Å². The molecule has 4 N–H and O–H groups in total. The molecule has 114 valence electrons. The average molecular weight is 327 g/mol. The molecule has 0 saturated carbocycles. The molecule has 0 aliphatic heterocycles. The summed E-state index contributed by atoms with van der Waals surface area (Å²) < 4.78 is 5.03. The van der Waals surface area contributed by atoms with Crippen molar-refractivity contribution in [2.45, 2.75) is 18.4 Å². The van der Waals surface area contributed by atoms with E-state index in [1.54, 1.807) is 30.3 Å². The van der Waals surface area contributed by atoms with Crippen LogP contribution >= 0.6 is 24.4 Å². The molecule has 1 aromatic carbocycles.